The predicted octanol–water partition coefficient (Wildman–Crippen LogP) is 1.16. The first-order valence-corrected chi connectivity index (χ1v) is 6.57. The van der Waals surface area contributed by atoms with Gasteiger partial charge in [-0.05, 0) is 49.8 Å². The Morgan fingerprint density at radius 2 is 2.15 bits per heavy atom. The molecule has 0 aliphatic carbocycles. The van der Waals surface area contributed by atoms with Crippen molar-refractivity contribution in [3.63, 3.8) is 0 Å². The van der Waals surface area contributed by atoms with E-state index in [1.807, 2.05) is 0 Å². The van der Waals surface area contributed by atoms with E-state index in [4.69, 9.17) is 5.73 Å². The molecule has 0 aromatic rings. The largest absolute Gasteiger partial charge is 0.326 e. The molecule has 0 aromatic carbocycles. The number of likely N-dealkylation sites (tertiary alicyclic amines) is 1. The third-order valence-electron chi connectivity index (χ3n) is 3.24. The average Bonchev–Trinajstić information content (AvgIpc) is 2.74. The minimum absolute atomic E-state index is 0.438. The summed E-state index contributed by atoms with van der Waals surface area (Å²) in [6, 6.07) is 0.438. The zero-order valence-electron chi connectivity index (χ0n) is 8.24. The molecule has 0 spiro atoms. The van der Waals surface area contributed by atoms with Crippen molar-refractivity contribution in [2.45, 2.75) is 25.3 Å². The quantitative estimate of drug-likeness (QED) is 0.741. The smallest absolute Gasteiger partial charge is 0.0204 e. The van der Waals surface area contributed by atoms with E-state index in [2.05, 4.69) is 16.7 Å². The van der Waals surface area contributed by atoms with Crippen molar-refractivity contribution in [2.75, 3.05) is 31.1 Å². The Balaban J connectivity index is 1.73. The molecule has 13 heavy (non-hydrogen) atoms. The summed E-state index contributed by atoms with van der Waals surface area (Å²) in [5.41, 5.74) is 6.20. The van der Waals surface area contributed by atoms with Crippen LogP contribution in [0.15, 0.2) is 0 Å². The van der Waals surface area contributed by atoms with Crippen LogP contribution < -0.4 is 5.73 Å². The average molecular weight is 200 g/mol. The van der Waals surface area contributed by atoms with Gasteiger partial charge in [0.05, 0.1) is 0 Å². The lowest BCUT2D eigenvalue weighted by Crippen LogP contribution is -2.41. The highest BCUT2D eigenvalue weighted by Crippen LogP contribution is 2.26. The van der Waals surface area contributed by atoms with E-state index in [9.17, 15) is 0 Å². The number of thioether (sulfide) groups is 1. The van der Waals surface area contributed by atoms with Gasteiger partial charge in [0.1, 0.15) is 0 Å². The van der Waals surface area contributed by atoms with E-state index in [1.54, 1.807) is 0 Å². The van der Waals surface area contributed by atoms with E-state index >= 15 is 0 Å². The van der Waals surface area contributed by atoms with Crippen LogP contribution in [0, 0.1) is 5.92 Å². The summed E-state index contributed by atoms with van der Waals surface area (Å²) < 4.78 is 0. The van der Waals surface area contributed by atoms with Crippen LogP contribution in [0.1, 0.15) is 19.3 Å². The van der Waals surface area contributed by atoms with Crippen molar-refractivity contribution in [3.8, 4) is 0 Å². The molecule has 2 aliphatic heterocycles. The number of nitrogens with two attached hydrogens (primary N) is 1. The highest BCUT2D eigenvalue weighted by molar-refractivity contribution is 7.99. The number of hydrogen-bond acceptors (Lipinski definition) is 3. The molecule has 2 fully saturated rings. The second kappa shape index (κ2) is 4.67. The molecule has 0 saturated carbocycles. The Morgan fingerprint density at radius 3 is 2.77 bits per heavy atom. The second-order valence-corrected chi connectivity index (χ2v) is 5.45. The van der Waals surface area contributed by atoms with Gasteiger partial charge in [0.25, 0.3) is 0 Å². The van der Waals surface area contributed by atoms with E-state index < -0.39 is 0 Å². The first kappa shape index (κ1) is 9.81. The molecule has 2 atom stereocenters. The summed E-state index contributed by atoms with van der Waals surface area (Å²) in [7, 11) is 0. The fraction of sp³-hybridized carbons (Fsp3) is 1.00. The topological polar surface area (TPSA) is 29.3 Å². The van der Waals surface area contributed by atoms with Crippen LogP contribution in [0.25, 0.3) is 0 Å². The maximum Gasteiger partial charge on any atom is 0.0204 e. The SMILES string of the molecule is NC(CN1CCCC1)C1CCSC1. The van der Waals surface area contributed by atoms with Gasteiger partial charge in [0.2, 0.25) is 0 Å². The number of hydrogen-bond donors (Lipinski definition) is 1. The monoisotopic (exact) mass is 200 g/mol. The van der Waals surface area contributed by atoms with Gasteiger partial charge in [0, 0.05) is 12.6 Å². The van der Waals surface area contributed by atoms with Gasteiger partial charge < -0.3 is 10.6 Å². The normalized spacial score (nSPS) is 32.5. The number of rotatable bonds is 3. The van der Waals surface area contributed by atoms with Crippen LogP contribution >= 0.6 is 11.8 Å². The molecule has 0 bridgehead atoms. The molecule has 2 heterocycles. The summed E-state index contributed by atoms with van der Waals surface area (Å²) in [4.78, 5) is 2.54. The Hall–Kier alpha value is 0.270. The van der Waals surface area contributed by atoms with Crippen LogP contribution in [-0.2, 0) is 0 Å². The van der Waals surface area contributed by atoms with Crippen LogP contribution in [0.4, 0.5) is 0 Å². The molecular formula is C10H20N2S. The Bertz CT molecular complexity index is 151. The Morgan fingerprint density at radius 1 is 1.38 bits per heavy atom. The van der Waals surface area contributed by atoms with Gasteiger partial charge in [-0.25, -0.2) is 0 Å². The van der Waals surface area contributed by atoms with Gasteiger partial charge in [0.15, 0.2) is 0 Å². The van der Waals surface area contributed by atoms with E-state index in [0.717, 1.165) is 12.5 Å². The van der Waals surface area contributed by atoms with Gasteiger partial charge >= 0.3 is 0 Å². The third-order valence-corrected chi connectivity index (χ3v) is 4.43. The molecule has 3 heteroatoms. The van der Waals surface area contributed by atoms with E-state index in [-0.39, 0.29) is 0 Å². The molecule has 2 saturated heterocycles. The van der Waals surface area contributed by atoms with Crippen molar-refractivity contribution in [1.82, 2.24) is 4.90 Å². The first-order chi connectivity index (χ1) is 6.36. The van der Waals surface area contributed by atoms with Gasteiger partial charge in [-0.2, -0.15) is 11.8 Å². The summed E-state index contributed by atoms with van der Waals surface area (Å²) in [5, 5.41) is 0. The molecule has 2 N–H and O–H groups in total. The van der Waals surface area contributed by atoms with Gasteiger partial charge in [-0.3, -0.25) is 0 Å². The van der Waals surface area contributed by atoms with Crippen molar-refractivity contribution >= 4 is 11.8 Å². The molecule has 0 amide bonds. The maximum atomic E-state index is 6.20. The highest BCUT2D eigenvalue weighted by atomic mass is 32.2. The molecule has 2 rings (SSSR count). The van der Waals surface area contributed by atoms with Crippen molar-refractivity contribution in [1.29, 1.82) is 0 Å². The van der Waals surface area contributed by atoms with Gasteiger partial charge in [-0.1, -0.05) is 0 Å². The van der Waals surface area contributed by atoms with Crippen LogP contribution in [0.2, 0.25) is 0 Å². The minimum Gasteiger partial charge on any atom is -0.326 e. The fourth-order valence-electron chi connectivity index (χ4n) is 2.30. The van der Waals surface area contributed by atoms with Crippen molar-refractivity contribution in [3.05, 3.63) is 0 Å². The van der Waals surface area contributed by atoms with Crippen LogP contribution in [0.3, 0.4) is 0 Å². The molecule has 0 aromatic heterocycles. The molecular weight excluding hydrogens is 180 g/mol. The highest BCUT2D eigenvalue weighted by Gasteiger charge is 2.24. The maximum absolute atomic E-state index is 6.20. The third kappa shape index (κ3) is 2.61. The van der Waals surface area contributed by atoms with Crippen LogP contribution in [-0.4, -0.2) is 42.1 Å². The first-order valence-electron chi connectivity index (χ1n) is 5.42. The summed E-state index contributed by atoms with van der Waals surface area (Å²) in [5.74, 6) is 3.43. The van der Waals surface area contributed by atoms with Crippen molar-refractivity contribution < 1.29 is 0 Å². The summed E-state index contributed by atoms with van der Waals surface area (Å²) in [6.07, 6.45) is 4.11. The zero-order valence-corrected chi connectivity index (χ0v) is 9.06. The van der Waals surface area contributed by atoms with Crippen LogP contribution in [0.5, 0.6) is 0 Å². The second-order valence-electron chi connectivity index (χ2n) is 4.30. The molecule has 76 valence electrons. The molecule has 0 radical (unpaired) electrons. The fourth-order valence-corrected chi connectivity index (χ4v) is 3.66. The molecule has 2 unspecified atom stereocenters. The predicted molar refractivity (Wildman–Crippen MR) is 59.1 cm³/mol. The summed E-state index contributed by atoms with van der Waals surface area (Å²) in [6.45, 7) is 3.71. The van der Waals surface area contributed by atoms with E-state index in [0.29, 0.717) is 6.04 Å². The van der Waals surface area contributed by atoms with E-state index in [1.165, 1.54) is 43.9 Å². The number of nitrogens with zero attached hydrogens (tertiary/aromatic N) is 1. The standard InChI is InChI=1S/C10H20N2S/c11-10(9-3-6-13-8-9)7-12-4-1-2-5-12/h9-10H,1-8,11H2. The lowest BCUT2D eigenvalue weighted by molar-refractivity contribution is 0.280. The summed E-state index contributed by atoms with van der Waals surface area (Å²) >= 11 is 2.07. The molecule has 2 aliphatic rings. The van der Waals surface area contributed by atoms with Gasteiger partial charge in [-0.15, -0.1) is 0 Å². The zero-order chi connectivity index (χ0) is 9.10. The minimum atomic E-state index is 0.438. The Labute approximate surface area is 85.2 Å². The lowest BCUT2D eigenvalue weighted by Gasteiger charge is -2.24. The Kier molecular flexibility index (Phi) is 3.52. The molecule has 2 nitrogen and oxygen atoms in total. The lowest BCUT2D eigenvalue weighted by atomic mass is 10.00. The van der Waals surface area contributed by atoms with Crippen molar-refractivity contribution in [2.24, 2.45) is 11.7 Å².